The van der Waals surface area contributed by atoms with Crippen LogP contribution in [0.25, 0.3) is 5.69 Å². The van der Waals surface area contributed by atoms with E-state index < -0.39 is 0 Å². The minimum absolute atomic E-state index is 0.340. The smallest absolute Gasteiger partial charge is 0.275 e. The summed E-state index contributed by atoms with van der Waals surface area (Å²) in [6.45, 7) is 0.685. The molecule has 0 bridgehead atoms. The van der Waals surface area contributed by atoms with E-state index in [-0.39, 0.29) is 11.7 Å². The maximum absolute atomic E-state index is 13.3. The van der Waals surface area contributed by atoms with Crippen LogP contribution in [0.15, 0.2) is 72.4 Å². The van der Waals surface area contributed by atoms with Gasteiger partial charge in [0.15, 0.2) is 11.0 Å². The van der Waals surface area contributed by atoms with E-state index >= 15 is 0 Å². The highest BCUT2D eigenvalue weighted by Crippen LogP contribution is 2.22. The van der Waals surface area contributed by atoms with Gasteiger partial charge in [0.05, 0.1) is 6.20 Å². The normalized spacial score (nSPS) is 10.9. The number of benzene rings is 1. The lowest BCUT2D eigenvalue weighted by molar-refractivity contribution is 0.101. The SMILES string of the molecule is CSc1ncc(C(=O)Nc2ccn(CCc3ccncc3)n2)n1-c1ccc(F)cc1. The van der Waals surface area contributed by atoms with Crippen molar-refractivity contribution in [1.29, 1.82) is 0 Å². The molecule has 0 aliphatic carbocycles. The predicted molar refractivity (Wildman–Crippen MR) is 113 cm³/mol. The summed E-state index contributed by atoms with van der Waals surface area (Å²) in [6.07, 6.45) is 9.53. The zero-order valence-corrected chi connectivity index (χ0v) is 17.0. The molecular formula is C21H19FN6OS. The van der Waals surface area contributed by atoms with Crippen LogP contribution in [0.3, 0.4) is 0 Å². The van der Waals surface area contributed by atoms with Gasteiger partial charge < -0.3 is 5.32 Å². The molecule has 3 heterocycles. The van der Waals surface area contributed by atoms with Crippen LogP contribution < -0.4 is 5.32 Å². The van der Waals surface area contributed by atoms with Crippen LogP contribution in [0.1, 0.15) is 16.1 Å². The van der Waals surface area contributed by atoms with E-state index in [0.29, 0.717) is 28.9 Å². The number of aryl methyl sites for hydroxylation is 2. The van der Waals surface area contributed by atoms with Crippen molar-refractivity contribution in [3.05, 3.63) is 84.3 Å². The molecule has 0 aliphatic heterocycles. The molecule has 0 unspecified atom stereocenters. The van der Waals surface area contributed by atoms with Crippen LogP contribution in [0.2, 0.25) is 0 Å². The zero-order valence-electron chi connectivity index (χ0n) is 16.2. The van der Waals surface area contributed by atoms with Crippen molar-refractivity contribution in [3.63, 3.8) is 0 Å². The maximum Gasteiger partial charge on any atom is 0.275 e. The molecule has 0 saturated heterocycles. The molecular weight excluding hydrogens is 403 g/mol. The van der Waals surface area contributed by atoms with Crippen molar-refractivity contribution in [1.82, 2.24) is 24.3 Å². The van der Waals surface area contributed by atoms with Crippen LogP contribution in [-0.2, 0) is 13.0 Å². The summed E-state index contributed by atoms with van der Waals surface area (Å²) in [6, 6.07) is 11.6. The summed E-state index contributed by atoms with van der Waals surface area (Å²) in [4.78, 5) is 21.2. The Labute approximate surface area is 177 Å². The highest BCUT2D eigenvalue weighted by Gasteiger charge is 2.18. The first-order chi connectivity index (χ1) is 14.6. The second kappa shape index (κ2) is 8.91. The Hall–Kier alpha value is -3.46. The van der Waals surface area contributed by atoms with Gasteiger partial charge >= 0.3 is 0 Å². The topological polar surface area (TPSA) is 77.6 Å². The fraction of sp³-hybridized carbons (Fsp3) is 0.143. The average molecular weight is 422 g/mol. The lowest BCUT2D eigenvalue weighted by Crippen LogP contribution is -2.17. The average Bonchev–Trinajstić information content (AvgIpc) is 3.40. The Balaban J connectivity index is 1.49. The highest BCUT2D eigenvalue weighted by molar-refractivity contribution is 7.98. The van der Waals surface area contributed by atoms with Crippen molar-refractivity contribution in [3.8, 4) is 5.69 Å². The maximum atomic E-state index is 13.3. The van der Waals surface area contributed by atoms with Gasteiger partial charge in [0.25, 0.3) is 5.91 Å². The van der Waals surface area contributed by atoms with E-state index in [9.17, 15) is 9.18 Å². The molecule has 0 radical (unpaired) electrons. The fourth-order valence-electron chi connectivity index (χ4n) is 3.01. The standard InChI is InChI=1S/C21H19FN6OS/c1-30-21-24-14-18(28(21)17-4-2-16(22)3-5-17)20(29)25-19-9-13-27(26-19)12-8-15-6-10-23-11-7-15/h2-7,9-11,13-14H,8,12H2,1H3,(H,25,26,29). The number of carbonyl (C=O) groups excluding carboxylic acids is 1. The molecule has 0 atom stereocenters. The Morgan fingerprint density at radius 2 is 1.90 bits per heavy atom. The fourth-order valence-corrected chi connectivity index (χ4v) is 3.55. The number of amides is 1. The molecule has 1 amide bonds. The van der Waals surface area contributed by atoms with Gasteiger partial charge in [-0.05, 0) is 54.6 Å². The van der Waals surface area contributed by atoms with Gasteiger partial charge in [0, 0.05) is 36.9 Å². The Morgan fingerprint density at radius 1 is 1.13 bits per heavy atom. The Morgan fingerprint density at radius 3 is 2.63 bits per heavy atom. The third-order valence-corrected chi connectivity index (χ3v) is 5.14. The van der Waals surface area contributed by atoms with Crippen LogP contribution in [0, 0.1) is 5.82 Å². The number of hydrogen-bond acceptors (Lipinski definition) is 5. The zero-order chi connectivity index (χ0) is 20.9. The number of halogens is 1. The van der Waals surface area contributed by atoms with Crippen LogP contribution >= 0.6 is 11.8 Å². The minimum Gasteiger partial charge on any atom is -0.304 e. The molecule has 0 saturated carbocycles. The van der Waals surface area contributed by atoms with Crippen LogP contribution in [0.4, 0.5) is 10.2 Å². The molecule has 1 aromatic carbocycles. The van der Waals surface area contributed by atoms with Gasteiger partial charge in [0.1, 0.15) is 11.5 Å². The summed E-state index contributed by atoms with van der Waals surface area (Å²) < 4.78 is 16.8. The Bertz CT molecular complexity index is 1140. The van der Waals surface area contributed by atoms with Gasteiger partial charge in [0.2, 0.25) is 0 Å². The molecule has 0 spiro atoms. The molecule has 1 N–H and O–H groups in total. The predicted octanol–water partition coefficient (Wildman–Crippen LogP) is 3.82. The number of aromatic nitrogens is 5. The van der Waals surface area contributed by atoms with Crippen molar-refractivity contribution in [2.24, 2.45) is 0 Å². The monoisotopic (exact) mass is 422 g/mol. The van der Waals surface area contributed by atoms with Gasteiger partial charge in [-0.1, -0.05) is 11.8 Å². The number of nitrogens with one attached hydrogen (secondary N) is 1. The number of imidazole rings is 1. The van der Waals surface area contributed by atoms with Crippen molar-refractivity contribution in [2.75, 3.05) is 11.6 Å². The number of thioether (sulfide) groups is 1. The third-order valence-electron chi connectivity index (χ3n) is 4.49. The summed E-state index contributed by atoms with van der Waals surface area (Å²) in [7, 11) is 0. The number of anilines is 1. The van der Waals surface area contributed by atoms with Gasteiger partial charge in [-0.3, -0.25) is 19.0 Å². The molecule has 0 aliphatic rings. The first-order valence-electron chi connectivity index (χ1n) is 9.25. The van der Waals surface area contributed by atoms with Crippen molar-refractivity contribution < 1.29 is 9.18 Å². The van der Waals surface area contributed by atoms with E-state index in [2.05, 4.69) is 20.4 Å². The molecule has 7 nitrogen and oxygen atoms in total. The molecule has 0 fully saturated rings. The van der Waals surface area contributed by atoms with Crippen molar-refractivity contribution >= 4 is 23.5 Å². The summed E-state index contributed by atoms with van der Waals surface area (Å²) in [5.74, 6) is -0.230. The summed E-state index contributed by atoms with van der Waals surface area (Å²) >= 11 is 1.40. The van der Waals surface area contributed by atoms with Crippen LogP contribution in [0.5, 0.6) is 0 Å². The van der Waals surface area contributed by atoms with E-state index in [1.165, 1.54) is 35.7 Å². The molecule has 152 valence electrons. The number of rotatable bonds is 7. The molecule has 4 aromatic rings. The van der Waals surface area contributed by atoms with Gasteiger partial charge in [-0.25, -0.2) is 9.37 Å². The lowest BCUT2D eigenvalue weighted by atomic mass is 10.2. The number of pyridine rings is 1. The lowest BCUT2D eigenvalue weighted by Gasteiger charge is -2.10. The molecule has 3 aromatic heterocycles. The summed E-state index contributed by atoms with van der Waals surface area (Å²) in [5, 5.41) is 7.86. The molecule has 9 heteroatoms. The second-order valence-corrected chi connectivity index (χ2v) is 7.24. The van der Waals surface area contributed by atoms with E-state index in [1.807, 2.05) is 24.6 Å². The van der Waals surface area contributed by atoms with E-state index in [4.69, 9.17) is 0 Å². The van der Waals surface area contributed by atoms with Gasteiger partial charge in [-0.15, -0.1) is 0 Å². The summed E-state index contributed by atoms with van der Waals surface area (Å²) in [5.41, 5.74) is 2.17. The quantitative estimate of drug-likeness (QED) is 0.458. The number of hydrogen-bond donors (Lipinski definition) is 1. The highest BCUT2D eigenvalue weighted by atomic mass is 32.2. The third kappa shape index (κ3) is 4.41. The molecule has 4 rings (SSSR count). The van der Waals surface area contributed by atoms with Gasteiger partial charge in [-0.2, -0.15) is 5.10 Å². The minimum atomic E-state index is -0.341. The largest absolute Gasteiger partial charge is 0.304 e. The van der Waals surface area contributed by atoms with E-state index in [0.717, 1.165) is 6.42 Å². The number of carbonyl (C=O) groups is 1. The molecule has 30 heavy (non-hydrogen) atoms. The first kappa shape index (κ1) is 19.8. The number of nitrogens with zero attached hydrogens (tertiary/aromatic N) is 5. The van der Waals surface area contributed by atoms with E-state index in [1.54, 1.807) is 39.8 Å². The Kier molecular flexibility index (Phi) is 5.89. The van der Waals surface area contributed by atoms with Crippen molar-refractivity contribution in [2.45, 2.75) is 18.1 Å². The first-order valence-corrected chi connectivity index (χ1v) is 10.5. The second-order valence-electron chi connectivity index (χ2n) is 6.47. The van der Waals surface area contributed by atoms with Crippen LogP contribution in [-0.4, -0.2) is 36.5 Å².